The molecule has 0 aromatic heterocycles. The lowest BCUT2D eigenvalue weighted by molar-refractivity contribution is -0.133. The third-order valence-electron chi connectivity index (χ3n) is 4.16. The predicted molar refractivity (Wildman–Crippen MR) is 91.8 cm³/mol. The molecule has 4 nitrogen and oxygen atoms in total. The smallest absolute Gasteiger partial charge is 0.222 e. The largest absolute Gasteiger partial charge is 0.341 e. The number of carbonyl (C=O) groups excluding carboxylic acids is 1. The number of nitrogens with two attached hydrogens (primary N) is 1. The molecule has 21 heavy (non-hydrogen) atoms. The fourth-order valence-corrected chi connectivity index (χ4v) is 2.92. The van der Waals surface area contributed by atoms with E-state index in [9.17, 15) is 4.79 Å². The normalized spacial score (nSPS) is 22.2. The van der Waals surface area contributed by atoms with E-state index in [1.165, 1.54) is 12.8 Å². The standard InChI is InChI=1S/C16H33N3O.ClH/c1-13(2)12-19(10-9-18(3)4)16(20)11-14-7-5-6-8-15(14)17;/h13-15H,5-12,17H2,1-4H3;1H. The minimum absolute atomic E-state index is 0. The molecular weight excluding hydrogens is 286 g/mol. The number of nitrogens with zero attached hydrogens (tertiary/aromatic N) is 2. The Balaban J connectivity index is 0.00000400. The number of halogens is 1. The third-order valence-corrected chi connectivity index (χ3v) is 4.16. The van der Waals surface area contributed by atoms with E-state index in [0.29, 0.717) is 24.2 Å². The molecule has 2 unspecified atom stereocenters. The van der Waals surface area contributed by atoms with Gasteiger partial charge in [-0.3, -0.25) is 4.79 Å². The van der Waals surface area contributed by atoms with Crippen LogP contribution in [0.25, 0.3) is 0 Å². The zero-order valence-corrected chi connectivity index (χ0v) is 15.0. The highest BCUT2D eigenvalue weighted by atomic mass is 35.5. The second-order valence-corrected chi connectivity index (χ2v) is 6.95. The van der Waals surface area contributed by atoms with Gasteiger partial charge in [0.15, 0.2) is 0 Å². The molecular formula is C16H34ClN3O. The van der Waals surface area contributed by atoms with Crippen LogP contribution in [0.4, 0.5) is 0 Å². The molecule has 0 spiro atoms. The first-order valence-electron chi connectivity index (χ1n) is 8.08. The van der Waals surface area contributed by atoms with E-state index >= 15 is 0 Å². The Bertz CT molecular complexity index is 297. The summed E-state index contributed by atoms with van der Waals surface area (Å²) in [7, 11) is 4.10. The molecule has 2 N–H and O–H groups in total. The highest BCUT2D eigenvalue weighted by molar-refractivity contribution is 5.85. The number of amides is 1. The van der Waals surface area contributed by atoms with Crippen molar-refractivity contribution in [2.24, 2.45) is 17.6 Å². The first kappa shape index (κ1) is 20.7. The maximum Gasteiger partial charge on any atom is 0.222 e. The predicted octanol–water partition coefficient (Wildman–Crippen LogP) is 2.36. The molecule has 2 atom stereocenters. The molecule has 0 aromatic carbocycles. The lowest BCUT2D eigenvalue weighted by Crippen LogP contribution is -2.42. The zero-order chi connectivity index (χ0) is 15.1. The molecule has 1 aliphatic rings. The average molecular weight is 320 g/mol. The molecule has 0 bridgehead atoms. The van der Waals surface area contributed by atoms with E-state index in [4.69, 9.17) is 5.73 Å². The van der Waals surface area contributed by atoms with Crippen molar-refractivity contribution < 1.29 is 4.79 Å². The summed E-state index contributed by atoms with van der Waals surface area (Å²) in [6.45, 7) is 6.94. The molecule has 0 aliphatic heterocycles. The summed E-state index contributed by atoms with van der Waals surface area (Å²) in [5, 5.41) is 0. The van der Waals surface area contributed by atoms with Gasteiger partial charge in [-0.2, -0.15) is 0 Å². The van der Waals surface area contributed by atoms with Gasteiger partial charge < -0.3 is 15.5 Å². The van der Waals surface area contributed by atoms with Crippen LogP contribution in [0.2, 0.25) is 0 Å². The van der Waals surface area contributed by atoms with E-state index < -0.39 is 0 Å². The number of carbonyl (C=O) groups is 1. The van der Waals surface area contributed by atoms with Crippen LogP contribution in [0.15, 0.2) is 0 Å². The monoisotopic (exact) mass is 319 g/mol. The Hall–Kier alpha value is -0.320. The van der Waals surface area contributed by atoms with Crippen molar-refractivity contribution >= 4 is 18.3 Å². The Morgan fingerprint density at radius 3 is 2.33 bits per heavy atom. The highest BCUT2D eigenvalue weighted by Crippen LogP contribution is 2.26. The lowest BCUT2D eigenvalue weighted by atomic mass is 9.82. The average Bonchev–Trinajstić information content (AvgIpc) is 2.36. The van der Waals surface area contributed by atoms with E-state index in [1.807, 2.05) is 4.90 Å². The van der Waals surface area contributed by atoms with Crippen LogP contribution < -0.4 is 5.73 Å². The summed E-state index contributed by atoms with van der Waals surface area (Å²) in [5.41, 5.74) is 6.17. The zero-order valence-electron chi connectivity index (χ0n) is 14.2. The van der Waals surface area contributed by atoms with Crippen molar-refractivity contribution in [3.05, 3.63) is 0 Å². The van der Waals surface area contributed by atoms with E-state index in [1.54, 1.807) is 0 Å². The topological polar surface area (TPSA) is 49.6 Å². The van der Waals surface area contributed by atoms with Crippen LogP contribution in [0, 0.1) is 11.8 Å². The van der Waals surface area contributed by atoms with Crippen LogP contribution in [0.1, 0.15) is 46.0 Å². The number of hydrogen-bond acceptors (Lipinski definition) is 3. The molecule has 1 aliphatic carbocycles. The van der Waals surface area contributed by atoms with Crippen LogP contribution in [-0.2, 0) is 4.79 Å². The molecule has 1 fully saturated rings. The maximum absolute atomic E-state index is 12.6. The van der Waals surface area contributed by atoms with Crippen LogP contribution in [-0.4, -0.2) is 55.5 Å². The third kappa shape index (κ3) is 8.03. The van der Waals surface area contributed by atoms with Gasteiger partial charge in [0.1, 0.15) is 0 Å². The summed E-state index contributed by atoms with van der Waals surface area (Å²) in [6.07, 6.45) is 5.30. The van der Waals surface area contributed by atoms with Gasteiger partial charge in [0.05, 0.1) is 0 Å². The van der Waals surface area contributed by atoms with Crippen molar-refractivity contribution in [2.45, 2.75) is 52.0 Å². The summed E-state index contributed by atoms with van der Waals surface area (Å²) < 4.78 is 0. The van der Waals surface area contributed by atoms with Gasteiger partial charge in [-0.05, 0) is 38.8 Å². The Kier molecular flexibility index (Phi) is 10.3. The minimum Gasteiger partial charge on any atom is -0.341 e. The van der Waals surface area contributed by atoms with Crippen LogP contribution >= 0.6 is 12.4 Å². The fourth-order valence-electron chi connectivity index (χ4n) is 2.92. The van der Waals surface area contributed by atoms with Gasteiger partial charge in [-0.15, -0.1) is 12.4 Å². The molecule has 0 saturated heterocycles. The van der Waals surface area contributed by atoms with Crippen LogP contribution in [0.3, 0.4) is 0 Å². The van der Waals surface area contributed by atoms with Gasteiger partial charge in [0.25, 0.3) is 0 Å². The number of hydrogen-bond donors (Lipinski definition) is 1. The van der Waals surface area contributed by atoms with Crippen molar-refractivity contribution in [3.63, 3.8) is 0 Å². The van der Waals surface area contributed by atoms with Gasteiger partial charge in [0.2, 0.25) is 5.91 Å². The van der Waals surface area contributed by atoms with Crippen LogP contribution in [0.5, 0.6) is 0 Å². The number of likely N-dealkylation sites (N-methyl/N-ethyl adjacent to an activating group) is 1. The lowest BCUT2D eigenvalue weighted by Gasteiger charge is -2.32. The Morgan fingerprint density at radius 1 is 1.19 bits per heavy atom. The first-order valence-corrected chi connectivity index (χ1v) is 8.08. The molecule has 1 saturated carbocycles. The highest BCUT2D eigenvalue weighted by Gasteiger charge is 2.26. The minimum atomic E-state index is 0. The second-order valence-electron chi connectivity index (χ2n) is 6.95. The van der Waals surface area contributed by atoms with E-state index in [-0.39, 0.29) is 18.4 Å². The van der Waals surface area contributed by atoms with Gasteiger partial charge in [-0.25, -0.2) is 0 Å². The van der Waals surface area contributed by atoms with Crippen molar-refractivity contribution in [3.8, 4) is 0 Å². The van der Waals surface area contributed by atoms with Crippen molar-refractivity contribution in [1.82, 2.24) is 9.80 Å². The maximum atomic E-state index is 12.6. The number of rotatable bonds is 7. The van der Waals surface area contributed by atoms with Gasteiger partial charge in [-0.1, -0.05) is 26.7 Å². The Morgan fingerprint density at radius 2 is 1.81 bits per heavy atom. The quantitative estimate of drug-likeness (QED) is 0.783. The molecule has 5 heteroatoms. The van der Waals surface area contributed by atoms with Gasteiger partial charge >= 0.3 is 0 Å². The first-order chi connectivity index (χ1) is 9.40. The summed E-state index contributed by atoms with van der Waals surface area (Å²) in [5.74, 6) is 1.20. The molecule has 1 rings (SSSR count). The Labute approximate surface area is 136 Å². The van der Waals surface area contributed by atoms with Crippen molar-refractivity contribution in [1.29, 1.82) is 0 Å². The molecule has 0 radical (unpaired) electrons. The van der Waals surface area contributed by atoms with Gasteiger partial charge in [0, 0.05) is 32.1 Å². The summed E-state index contributed by atoms with van der Waals surface area (Å²) in [6, 6.07) is 0.224. The molecule has 0 heterocycles. The van der Waals surface area contributed by atoms with E-state index in [2.05, 4.69) is 32.8 Å². The summed E-state index contributed by atoms with van der Waals surface area (Å²) >= 11 is 0. The molecule has 0 aromatic rings. The fraction of sp³-hybridized carbons (Fsp3) is 0.938. The summed E-state index contributed by atoms with van der Waals surface area (Å²) in [4.78, 5) is 16.7. The van der Waals surface area contributed by atoms with E-state index in [0.717, 1.165) is 32.5 Å². The van der Waals surface area contributed by atoms with Crippen molar-refractivity contribution in [2.75, 3.05) is 33.7 Å². The molecule has 126 valence electrons. The SMILES string of the molecule is CC(C)CN(CCN(C)C)C(=O)CC1CCCCC1N.Cl. The second kappa shape index (κ2) is 10.4. The molecule has 1 amide bonds.